The maximum absolute atomic E-state index is 12.3. The molecule has 0 spiro atoms. The molecule has 1 aromatic rings. The summed E-state index contributed by atoms with van der Waals surface area (Å²) >= 11 is 0. The molecular weight excluding hydrogens is 296 g/mol. The third-order valence-electron chi connectivity index (χ3n) is 4.22. The number of nitrogens with two attached hydrogens (primary N) is 1. The first kappa shape index (κ1) is 15.9. The van der Waals surface area contributed by atoms with Crippen molar-refractivity contribution in [1.82, 2.24) is 4.90 Å². The van der Waals surface area contributed by atoms with Crippen molar-refractivity contribution in [3.8, 4) is 11.5 Å². The Labute approximate surface area is 136 Å². The number of carbonyl (C=O) groups excluding carboxylic acids is 1. The molecule has 126 valence electrons. The number of rotatable bonds is 2. The summed E-state index contributed by atoms with van der Waals surface area (Å²) < 4.78 is 16.3. The summed E-state index contributed by atoms with van der Waals surface area (Å²) in [6.45, 7) is 7.62. The molecule has 1 saturated heterocycles. The zero-order chi connectivity index (χ0) is 16.6. The Hall–Kier alpha value is -1.95. The number of likely N-dealkylation sites (tertiary alicyclic amines) is 1. The summed E-state index contributed by atoms with van der Waals surface area (Å²) in [7, 11) is 0. The van der Waals surface area contributed by atoms with E-state index in [1.54, 1.807) is 4.90 Å². The smallest absolute Gasteiger partial charge is 0.410 e. The number of amides is 1. The van der Waals surface area contributed by atoms with E-state index in [1.807, 2.05) is 39.0 Å². The summed E-state index contributed by atoms with van der Waals surface area (Å²) in [6.07, 6.45) is -0.279. The molecule has 2 atom stereocenters. The average molecular weight is 320 g/mol. The SMILES string of the molecule is CC(C)(C)OC(=O)N1C[C@H](CN)[C@@H](c2ccc3c(c2)OCO3)C1. The third kappa shape index (κ3) is 3.37. The topological polar surface area (TPSA) is 74.0 Å². The second kappa shape index (κ2) is 5.92. The number of fused-ring (bicyclic) bond motifs is 1. The Balaban J connectivity index is 1.76. The Bertz CT molecular complexity index is 597. The molecule has 2 heterocycles. The van der Waals surface area contributed by atoms with Gasteiger partial charge in [-0.2, -0.15) is 0 Å². The standard InChI is InChI=1S/C17H24N2O4/c1-17(2,3)23-16(20)19-8-12(7-18)13(9-19)11-4-5-14-15(6-11)22-10-21-14/h4-6,12-13H,7-10,18H2,1-3H3/t12-,13+/m0/s1. The van der Waals surface area contributed by atoms with Gasteiger partial charge in [-0.05, 0) is 50.9 Å². The Kier molecular flexibility index (Phi) is 4.10. The van der Waals surface area contributed by atoms with E-state index in [-0.39, 0.29) is 24.7 Å². The zero-order valence-electron chi connectivity index (χ0n) is 13.9. The van der Waals surface area contributed by atoms with Gasteiger partial charge in [0.25, 0.3) is 0 Å². The zero-order valence-corrected chi connectivity index (χ0v) is 13.9. The predicted molar refractivity (Wildman–Crippen MR) is 85.7 cm³/mol. The van der Waals surface area contributed by atoms with Gasteiger partial charge < -0.3 is 24.8 Å². The molecule has 2 N–H and O–H groups in total. The van der Waals surface area contributed by atoms with Crippen LogP contribution in [0.15, 0.2) is 18.2 Å². The third-order valence-corrected chi connectivity index (χ3v) is 4.22. The van der Waals surface area contributed by atoms with Gasteiger partial charge in [0.2, 0.25) is 6.79 Å². The molecule has 0 saturated carbocycles. The predicted octanol–water partition coefficient (Wildman–Crippen LogP) is 2.32. The Morgan fingerprint density at radius 1 is 1.30 bits per heavy atom. The largest absolute Gasteiger partial charge is 0.454 e. The molecule has 3 rings (SSSR count). The molecule has 1 fully saturated rings. The van der Waals surface area contributed by atoms with Crippen LogP contribution in [0.3, 0.4) is 0 Å². The second-order valence-corrected chi connectivity index (χ2v) is 7.10. The highest BCUT2D eigenvalue weighted by molar-refractivity contribution is 5.69. The van der Waals surface area contributed by atoms with Crippen molar-refractivity contribution >= 4 is 6.09 Å². The van der Waals surface area contributed by atoms with Crippen molar-refractivity contribution in [3.63, 3.8) is 0 Å². The lowest BCUT2D eigenvalue weighted by Crippen LogP contribution is -2.35. The lowest BCUT2D eigenvalue weighted by atomic mass is 9.89. The van der Waals surface area contributed by atoms with Crippen LogP contribution in [0.5, 0.6) is 11.5 Å². The van der Waals surface area contributed by atoms with Crippen LogP contribution in [-0.4, -0.2) is 43.0 Å². The molecule has 6 heteroatoms. The summed E-state index contributed by atoms with van der Waals surface area (Å²) in [5.41, 5.74) is 6.56. The molecule has 0 aromatic heterocycles. The lowest BCUT2D eigenvalue weighted by Gasteiger charge is -2.24. The summed E-state index contributed by atoms with van der Waals surface area (Å²) in [5, 5.41) is 0. The highest BCUT2D eigenvalue weighted by Crippen LogP contribution is 2.39. The average Bonchev–Trinajstić information content (AvgIpc) is 3.11. The van der Waals surface area contributed by atoms with E-state index < -0.39 is 5.60 Å². The molecule has 2 aliphatic heterocycles. The van der Waals surface area contributed by atoms with Gasteiger partial charge in [0.05, 0.1) is 0 Å². The van der Waals surface area contributed by atoms with E-state index in [0.29, 0.717) is 19.6 Å². The van der Waals surface area contributed by atoms with Crippen LogP contribution in [0.2, 0.25) is 0 Å². The fourth-order valence-corrected chi connectivity index (χ4v) is 3.11. The van der Waals surface area contributed by atoms with Crippen LogP contribution in [0.4, 0.5) is 4.79 Å². The molecule has 1 amide bonds. The quantitative estimate of drug-likeness (QED) is 0.905. The van der Waals surface area contributed by atoms with Gasteiger partial charge in [-0.1, -0.05) is 6.07 Å². The molecule has 0 aliphatic carbocycles. The van der Waals surface area contributed by atoms with E-state index in [2.05, 4.69) is 0 Å². The van der Waals surface area contributed by atoms with Gasteiger partial charge in [-0.15, -0.1) is 0 Å². The van der Waals surface area contributed by atoms with Crippen molar-refractivity contribution in [2.75, 3.05) is 26.4 Å². The van der Waals surface area contributed by atoms with Crippen molar-refractivity contribution in [2.45, 2.75) is 32.3 Å². The maximum Gasteiger partial charge on any atom is 0.410 e. The second-order valence-electron chi connectivity index (χ2n) is 7.10. The number of nitrogens with zero attached hydrogens (tertiary/aromatic N) is 1. The van der Waals surface area contributed by atoms with Gasteiger partial charge in [0, 0.05) is 19.0 Å². The van der Waals surface area contributed by atoms with Gasteiger partial charge in [0.1, 0.15) is 5.60 Å². The minimum absolute atomic E-state index is 0.182. The first-order valence-corrected chi connectivity index (χ1v) is 7.95. The molecule has 23 heavy (non-hydrogen) atoms. The highest BCUT2D eigenvalue weighted by atomic mass is 16.7. The minimum atomic E-state index is -0.494. The van der Waals surface area contributed by atoms with Crippen molar-refractivity contribution in [2.24, 2.45) is 11.7 Å². The monoisotopic (exact) mass is 320 g/mol. The molecule has 2 aliphatic rings. The molecule has 6 nitrogen and oxygen atoms in total. The molecule has 1 aromatic carbocycles. The summed E-state index contributed by atoms with van der Waals surface area (Å²) in [5.74, 6) is 1.92. The number of carbonyl (C=O) groups is 1. The van der Waals surface area contributed by atoms with Crippen LogP contribution >= 0.6 is 0 Å². The fraction of sp³-hybridized carbons (Fsp3) is 0.588. The van der Waals surface area contributed by atoms with E-state index in [4.69, 9.17) is 19.9 Å². The summed E-state index contributed by atoms with van der Waals surface area (Å²) in [4.78, 5) is 14.1. The number of ether oxygens (including phenoxy) is 3. The van der Waals surface area contributed by atoms with Gasteiger partial charge >= 0.3 is 6.09 Å². The van der Waals surface area contributed by atoms with E-state index in [1.165, 1.54) is 0 Å². The van der Waals surface area contributed by atoms with Crippen molar-refractivity contribution in [1.29, 1.82) is 0 Å². The number of benzene rings is 1. The number of hydrogen-bond acceptors (Lipinski definition) is 5. The van der Waals surface area contributed by atoms with Gasteiger partial charge in [0.15, 0.2) is 11.5 Å². The molecule has 0 radical (unpaired) electrons. The van der Waals surface area contributed by atoms with E-state index in [9.17, 15) is 4.79 Å². The fourth-order valence-electron chi connectivity index (χ4n) is 3.11. The van der Waals surface area contributed by atoms with Crippen LogP contribution < -0.4 is 15.2 Å². The van der Waals surface area contributed by atoms with E-state index in [0.717, 1.165) is 17.1 Å². The van der Waals surface area contributed by atoms with Gasteiger partial charge in [-0.25, -0.2) is 4.79 Å². The minimum Gasteiger partial charge on any atom is -0.454 e. The normalized spacial score (nSPS) is 23.2. The van der Waals surface area contributed by atoms with Crippen LogP contribution in [0, 0.1) is 5.92 Å². The maximum atomic E-state index is 12.3. The molecular formula is C17H24N2O4. The molecule has 0 unspecified atom stereocenters. The lowest BCUT2D eigenvalue weighted by molar-refractivity contribution is 0.0287. The van der Waals surface area contributed by atoms with Crippen LogP contribution in [0.25, 0.3) is 0 Å². The van der Waals surface area contributed by atoms with Crippen LogP contribution in [-0.2, 0) is 4.74 Å². The van der Waals surface area contributed by atoms with Crippen molar-refractivity contribution < 1.29 is 19.0 Å². The van der Waals surface area contributed by atoms with Gasteiger partial charge in [-0.3, -0.25) is 0 Å². The Morgan fingerprint density at radius 2 is 2.04 bits per heavy atom. The first-order chi connectivity index (χ1) is 10.9. The molecule has 0 bridgehead atoms. The number of hydrogen-bond donors (Lipinski definition) is 1. The van der Waals surface area contributed by atoms with Crippen LogP contribution in [0.1, 0.15) is 32.3 Å². The highest BCUT2D eigenvalue weighted by Gasteiger charge is 2.37. The Morgan fingerprint density at radius 3 is 2.74 bits per heavy atom. The first-order valence-electron chi connectivity index (χ1n) is 7.95. The van der Waals surface area contributed by atoms with E-state index >= 15 is 0 Å². The van der Waals surface area contributed by atoms with Crippen molar-refractivity contribution in [3.05, 3.63) is 23.8 Å². The summed E-state index contributed by atoms with van der Waals surface area (Å²) in [6, 6.07) is 5.94.